The summed E-state index contributed by atoms with van der Waals surface area (Å²) in [6.07, 6.45) is -0.334. The highest BCUT2D eigenvalue weighted by atomic mass is 32.1. The van der Waals surface area contributed by atoms with Crippen molar-refractivity contribution in [2.75, 3.05) is 13.7 Å². The zero-order valence-corrected chi connectivity index (χ0v) is 13.6. The number of ether oxygens (including phenoxy) is 3. The molecule has 0 spiro atoms. The van der Waals surface area contributed by atoms with Crippen LogP contribution in [-0.2, 0) is 9.53 Å². The Balaban J connectivity index is 2.10. The van der Waals surface area contributed by atoms with Crippen LogP contribution in [0.4, 0.5) is 0 Å². The van der Waals surface area contributed by atoms with E-state index in [0.717, 1.165) is 4.88 Å². The molecule has 0 aliphatic heterocycles. The van der Waals surface area contributed by atoms with E-state index in [9.17, 15) is 9.59 Å². The minimum absolute atomic E-state index is 0.268. The van der Waals surface area contributed by atoms with E-state index in [-0.39, 0.29) is 12.7 Å². The number of carbonyl (C=O) groups is 2. The number of nitrogens with two attached hydrogens (primary N) is 1. The summed E-state index contributed by atoms with van der Waals surface area (Å²) in [5.41, 5.74) is 5.36. The van der Waals surface area contributed by atoms with Gasteiger partial charge in [-0.25, -0.2) is 4.79 Å². The first kappa shape index (κ1) is 16.8. The van der Waals surface area contributed by atoms with Crippen molar-refractivity contribution in [3.8, 4) is 11.5 Å². The molecular weight excluding hydrogens is 318 g/mol. The maximum atomic E-state index is 12.2. The van der Waals surface area contributed by atoms with Gasteiger partial charge in [0.25, 0.3) is 5.91 Å². The van der Waals surface area contributed by atoms with Crippen molar-refractivity contribution in [2.45, 2.75) is 13.0 Å². The molecule has 23 heavy (non-hydrogen) atoms. The van der Waals surface area contributed by atoms with Crippen LogP contribution in [0.1, 0.15) is 28.3 Å². The molecule has 1 aromatic heterocycles. The number of primary amides is 1. The van der Waals surface area contributed by atoms with E-state index in [0.29, 0.717) is 17.1 Å². The van der Waals surface area contributed by atoms with Crippen LogP contribution in [0.25, 0.3) is 0 Å². The van der Waals surface area contributed by atoms with Gasteiger partial charge in [0.15, 0.2) is 18.1 Å². The fourth-order valence-electron chi connectivity index (χ4n) is 1.87. The number of hydrogen-bond donors (Lipinski definition) is 1. The normalized spacial score (nSPS) is 11.6. The molecule has 0 aliphatic carbocycles. The molecule has 1 unspecified atom stereocenters. The van der Waals surface area contributed by atoms with Gasteiger partial charge in [-0.15, -0.1) is 11.3 Å². The third-order valence-electron chi connectivity index (χ3n) is 3.00. The lowest BCUT2D eigenvalue weighted by molar-refractivity contribution is -0.119. The Kier molecular flexibility index (Phi) is 5.59. The van der Waals surface area contributed by atoms with Crippen molar-refractivity contribution >= 4 is 23.2 Å². The lowest BCUT2D eigenvalue weighted by Gasteiger charge is -2.13. The predicted molar refractivity (Wildman–Crippen MR) is 85.8 cm³/mol. The van der Waals surface area contributed by atoms with Crippen LogP contribution >= 0.6 is 11.3 Å². The molecule has 1 amide bonds. The van der Waals surface area contributed by atoms with Crippen molar-refractivity contribution in [1.82, 2.24) is 0 Å². The highest BCUT2D eigenvalue weighted by Crippen LogP contribution is 2.29. The third kappa shape index (κ3) is 4.46. The molecule has 2 aromatic rings. The topological polar surface area (TPSA) is 87.8 Å². The highest BCUT2D eigenvalue weighted by molar-refractivity contribution is 7.10. The molecule has 122 valence electrons. The standard InChI is InChI=1S/C16H17NO5S/c1-10(14-4-3-7-23-14)22-16(19)11-5-6-12(13(8-11)20-2)21-9-15(17)18/h3-8,10H,9H2,1-2H3,(H2,17,18). The number of rotatable bonds is 7. The molecule has 0 radical (unpaired) electrons. The minimum Gasteiger partial charge on any atom is -0.493 e. The van der Waals surface area contributed by atoms with Gasteiger partial charge in [0.05, 0.1) is 12.7 Å². The SMILES string of the molecule is COc1cc(C(=O)OC(C)c2cccs2)ccc1OCC(N)=O. The summed E-state index contributed by atoms with van der Waals surface area (Å²) in [6.45, 7) is 1.54. The van der Waals surface area contributed by atoms with Gasteiger partial charge in [-0.2, -0.15) is 0 Å². The number of carbonyl (C=O) groups excluding carboxylic acids is 2. The van der Waals surface area contributed by atoms with E-state index < -0.39 is 11.9 Å². The maximum Gasteiger partial charge on any atom is 0.338 e. The molecule has 0 bridgehead atoms. The summed E-state index contributed by atoms with van der Waals surface area (Å²) in [5, 5.41) is 1.92. The lowest BCUT2D eigenvalue weighted by Crippen LogP contribution is -2.20. The fraction of sp³-hybridized carbons (Fsp3) is 0.250. The third-order valence-corrected chi connectivity index (χ3v) is 4.03. The minimum atomic E-state index is -0.597. The second-order valence-corrected chi connectivity index (χ2v) is 5.66. The Morgan fingerprint density at radius 1 is 1.26 bits per heavy atom. The van der Waals surface area contributed by atoms with Crippen LogP contribution < -0.4 is 15.2 Å². The summed E-state index contributed by atoms with van der Waals surface area (Å²) in [6, 6.07) is 8.39. The summed E-state index contributed by atoms with van der Waals surface area (Å²) >= 11 is 1.52. The van der Waals surface area contributed by atoms with Gasteiger partial charge in [0, 0.05) is 4.88 Å². The van der Waals surface area contributed by atoms with Crippen LogP contribution in [0, 0.1) is 0 Å². The summed E-state index contributed by atoms with van der Waals surface area (Å²) < 4.78 is 15.8. The van der Waals surface area contributed by atoms with Crippen molar-refractivity contribution in [3.05, 3.63) is 46.2 Å². The van der Waals surface area contributed by atoms with E-state index in [1.165, 1.54) is 30.6 Å². The highest BCUT2D eigenvalue weighted by Gasteiger charge is 2.17. The van der Waals surface area contributed by atoms with E-state index in [2.05, 4.69) is 0 Å². The van der Waals surface area contributed by atoms with Gasteiger partial charge < -0.3 is 19.9 Å². The fourth-order valence-corrected chi connectivity index (χ4v) is 2.58. The second kappa shape index (κ2) is 7.64. The number of methoxy groups -OCH3 is 1. The van der Waals surface area contributed by atoms with Crippen LogP contribution in [-0.4, -0.2) is 25.6 Å². The van der Waals surface area contributed by atoms with Gasteiger partial charge in [0.1, 0.15) is 6.10 Å². The van der Waals surface area contributed by atoms with Gasteiger partial charge in [-0.05, 0) is 36.6 Å². The Hall–Kier alpha value is -2.54. The summed E-state index contributed by atoms with van der Waals surface area (Å²) in [5.74, 6) is -0.412. The number of hydrogen-bond acceptors (Lipinski definition) is 6. The number of thiophene rings is 1. The van der Waals surface area contributed by atoms with Crippen LogP contribution in [0.2, 0.25) is 0 Å². The average molecular weight is 335 g/mol. The largest absolute Gasteiger partial charge is 0.493 e. The summed E-state index contributed by atoms with van der Waals surface area (Å²) in [4.78, 5) is 23.9. The number of esters is 1. The van der Waals surface area contributed by atoms with Crippen molar-refractivity contribution in [1.29, 1.82) is 0 Å². The van der Waals surface area contributed by atoms with Crippen LogP contribution in [0.5, 0.6) is 11.5 Å². The van der Waals surface area contributed by atoms with Gasteiger partial charge in [-0.1, -0.05) is 6.07 Å². The van der Waals surface area contributed by atoms with E-state index >= 15 is 0 Å². The Labute approximate surface area is 137 Å². The zero-order chi connectivity index (χ0) is 16.8. The first-order valence-electron chi connectivity index (χ1n) is 6.84. The summed E-state index contributed by atoms with van der Waals surface area (Å²) in [7, 11) is 1.44. The van der Waals surface area contributed by atoms with Crippen LogP contribution in [0.3, 0.4) is 0 Å². The molecule has 0 aliphatic rings. The molecule has 0 saturated carbocycles. The molecule has 2 N–H and O–H groups in total. The molecule has 0 saturated heterocycles. The monoisotopic (exact) mass is 335 g/mol. The lowest BCUT2D eigenvalue weighted by atomic mass is 10.2. The first-order valence-corrected chi connectivity index (χ1v) is 7.72. The average Bonchev–Trinajstić information content (AvgIpc) is 3.07. The molecule has 2 rings (SSSR count). The quantitative estimate of drug-likeness (QED) is 0.786. The molecular formula is C16H17NO5S. The smallest absolute Gasteiger partial charge is 0.338 e. The predicted octanol–water partition coefficient (Wildman–Crippen LogP) is 2.54. The Morgan fingerprint density at radius 3 is 2.65 bits per heavy atom. The van der Waals surface area contributed by atoms with Gasteiger partial charge in [0.2, 0.25) is 0 Å². The van der Waals surface area contributed by atoms with Crippen molar-refractivity contribution < 1.29 is 23.8 Å². The van der Waals surface area contributed by atoms with Gasteiger partial charge in [-0.3, -0.25) is 4.79 Å². The van der Waals surface area contributed by atoms with E-state index in [4.69, 9.17) is 19.9 Å². The van der Waals surface area contributed by atoms with E-state index in [1.54, 1.807) is 6.07 Å². The first-order chi connectivity index (χ1) is 11.0. The molecule has 6 nitrogen and oxygen atoms in total. The molecule has 7 heteroatoms. The molecule has 1 heterocycles. The Morgan fingerprint density at radius 2 is 2.04 bits per heavy atom. The number of amides is 1. The van der Waals surface area contributed by atoms with Crippen molar-refractivity contribution in [2.24, 2.45) is 5.73 Å². The van der Waals surface area contributed by atoms with Crippen molar-refractivity contribution in [3.63, 3.8) is 0 Å². The maximum absolute atomic E-state index is 12.2. The second-order valence-electron chi connectivity index (χ2n) is 4.68. The molecule has 1 atom stereocenters. The number of benzene rings is 1. The zero-order valence-electron chi connectivity index (χ0n) is 12.8. The van der Waals surface area contributed by atoms with Crippen LogP contribution in [0.15, 0.2) is 35.7 Å². The van der Waals surface area contributed by atoms with E-state index in [1.807, 2.05) is 24.4 Å². The Bertz CT molecular complexity index is 684. The molecule has 0 fully saturated rings. The van der Waals surface area contributed by atoms with Gasteiger partial charge >= 0.3 is 5.97 Å². The molecule has 1 aromatic carbocycles.